The Hall–Kier alpha value is -1.17. The maximum atomic E-state index is 11.5. The number of hydrogen-bond donors (Lipinski definition) is 2. The largest absolute Gasteiger partial charge is 0.359 e. The molecule has 1 aromatic heterocycles. The van der Waals surface area contributed by atoms with Gasteiger partial charge in [0.05, 0.1) is 9.89 Å². The summed E-state index contributed by atoms with van der Waals surface area (Å²) < 4.78 is 0.823. The highest BCUT2D eigenvalue weighted by atomic mass is 79.9. The third kappa shape index (κ3) is 3.44. The molecule has 0 saturated heterocycles. The topological polar surface area (TPSA) is 66.9 Å². The Morgan fingerprint density at radius 2 is 2.00 bits per heavy atom. The molecule has 0 unspecified atom stereocenters. The van der Waals surface area contributed by atoms with Crippen LogP contribution >= 0.6 is 15.9 Å². The first-order valence-electron chi connectivity index (χ1n) is 4.89. The van der Waals surface area contributed by atoms with Crippen LogP contribution < -0.4 is 10.6 Å². The van der Waals surface area contributed by atoms with Gasteiger partial charge >= 0.3 is 0 Å². The predicted molar refractivity (Wildman–Crippen MR) is 66.1 cm³/mol. The summed E-state index contributed by atoms with van der Waals surface area (Å²) in [6, 6.07) is 0. The first-order valence-corrected chi connectivity index (χ1v) is 5.68. The molecule has 0 aliphatic heterocycles. The summed E-state index contributed by atoms with van der Waals surface area (Å²) in [5.41, 5.74) is -0.495. The molecule has 0 aliphatic carbocycles. The molecule has 1 aromatic rings. The summed E-state index contributed by atoms with van der Waals surface area (Å²) in [7, 11) is 1.63. The molecule has 1 heterocycles. The van der Waals surface area contributed by atoms with Crippen molar-refractivity contribution in [1.82, 2.24) is 15.3 Å². The van der Waals surface area contributed by atoms with E-state index < -0.39 is 5.41 Å². The lowest BCUT2D eigenvalue weighted by atomic mass is 9.92. The van der Waals surface area contributed by atoms with E-state index in [4.69, 9.17) is 0 Å². The molecule has 0 aliphatic rings. The predicted octanol–water partition coefficient (Wildman–Crippen LogP) is 1.42. The lowest BCUT2D eigenvalue weighted by Crippen LogP contribution is -2.39. The van der Waals surface area contributed by atoms with E-state index in [2.05, 4.69) is 36.5 Å². The molecule has 1 rings (SSSR count). The zero-order valence-electron chi connectivity index (χ0n) is 9.54. The standard InChI is InChI=1S/C10H15BrN4O/c1-10(2,8(16)12-3)6-15-9-13-4-7(11)5-14-9/h4-5H,6H2,1-3H3,(H,12,16)(H,13,14,15). The molecule has 1 amide bonds. The van der Waals surface area contributed by atoms with Crippen molar-refractivity contribution in [2.75, 3.05) is 18.9 Å². The minimum absolute atomic E-state index is 0.0166. The fourth-order valence-corrected chi connectivity index (χ4v) is 1.33. The van der Waals surface area contributed by atoms with Crippen LogP contribution in [-0.4, -0.2) is 29.5 Å². The van der Waals surface area contributed by atoms with Crippen molar-refractivity contribution in [1.29, 1.82) is 0 Å². The highest BCUT2D eigenvalue weighted by molar-refractivity contribution is 9.10. The highest BCUT2D eigenvalue weighted by Gasteiger charge is 2.26. The number of nitrogens with zero attached hydrogens (tertiary/aromatic N) is 2. The van der Waals surface area contributed by atoms with E-state index in [9.17, 15) is 4.79 Å². The number of aromatic nitrogens is 2. The van der Waals surface area contributed by atoms with Crippen molar-refractivity contribution >= 4 is 27.8 Å². The van der Waals surface area contributed by atoms with Gasteiger partial charge in [-0.05, 0) is 29.8 Å². The summed E-state index contributed by atoms with van der Waals surface area (Å²) >= 11 is 3.25. The molecule has 0 atom stereocenters. The van der Waals surface area contributed by atoms with Crippen LogP contribution in [0.5, 0.6) is 0 Å². The van der Waals surface area contributed by atoms with Crippen LogP contribution in [0.1, 0.15) is 13.8 Å². The van der Waals surface area contributed by atoms with E-state index >= 15 is 0 Å². The van der Waals surface area contributed by atoms with Crippen molar-refractivity contribution in [3.05, 3.63) is 16.9 Å². The number of hydrogen-bond acceptors (Lipinski definition) is 4. The molecule has 0 aromatic carbocycles. The summed E-state index contributed by atoms with van der Waals surface area (Å²) in [5.74, 6) is 0.497. The quantitative estimate of drug-likeness (QED) is 0.879. The van der Waals surface area contributed by atoms with Gasteiger partial charge in [-0.1, -0.05) is 0 Å². The molecule has 0 fully saturated rings. The SMILES string of the molecule is CNC(=O)C(C)(C)CNc1ncc(Br)cn1. The Balaban J connectivity index is 2.57. The molecule has 5 nitrogen and oxygen atoms in total. The van der Waals surface area contributed by atoms with E-state index in [-0.39, 0.29) is 5.91 Å². The monoisotopic (exact) mass is 286 g/mol. The van der Waals surface area contributed by atoms with Gasteiger partial charge in [0.2, 0.25) is 11.9 Å². The van der Waals surface area contributed by atoms with Gasteiger partial charge in [0, 0.05) is 26.0 Å². The van der Waals surface area contributed by atoms with Crippen LogP contribution in [0.3, 0.4) is 0 Å². The smallest absolute Gasteiger partial charge is 0.227 e. The van der Waals surface area contributed by atoms with E-state index in [0.29, 0.717) is 12.5 Å². The maximum Gasteiger partial charge on any atom is 0.227 e. The van der Waals surface area contributed by atoms with Crippen molar-refractivity contribution in [3.8, 4) is 0 Å². The molecular formula is C10H15BrN4O. The maximum absolute atomic E-state index is 11.5. The van der Waals surface area contributed by atoms with Gasteiger partial charge in [0.15, 0.2) is 0 Å². The Morgan fingerprint density at radius 3 is 2.50 bits per heavy atom. The number of nitrogens with one attached hydrogen (secondary N) is 2. The molecule has 16 heavy (non-hydrogen) atoms. The molecule has 0 spiro atoms. The van der Waals surface area contributed by atoms with Gasteiger partial charge < -0.3 is 10.6 Å². The summed E-state index contributed by atoms with van der Waals surface area (Å²) in [6.45, 7) is 4.20. The molecule has 88 valence electrons. The van der Waals surface area contributed by atoms with Crippen LogP contribution in [0.2, 0.25) is 0 Å². The fourth-order valence-electron chi connectivity index (χ4n) is 1.12. The van der Waals surface area contributed by atoms with Crippen LogP contribution in [0.4, 0.5) is 5.95 Å². The Kier molecular flexibility index (Phi) is 4.23. The minimum Gasteiger partial charge on any atom is -0.359 e. The molecule has 0 saturated carbocycles. The van der Waals surface area contributed by atoms with E-state index in [0.717, 1.165) is 4.47 Å². The number of carbonyl (C=O) groups is 1. The van der Waals surface area contributed by atoms with E-state index in [1.165, 1.54) is 0 Å². The van der Waals surface area contributed by atoms with Crippen LogP contribution in [0.25, 0.3) is 0 Å². The molecule has 0 bridgehead atoms. The number of amides is 1. The summed E-state index contributed by atoms with van der Waals surface area (Å²) in [5, 5.41) is 5.65. The van der Waals surface area contributed by atoms with Gasteiger partial charge in [0.1, 0.15) is 0 Å². The first kappa shape index (κ1) is 12.9. The average Bonchev–Trinajstić information content (AvgIpc) is 2.27. The number of halogens is 1. The van der Waals surface area contributed by atoms with Crippen molar-refractivity contribution < 1.29 is 4.79 Å². The second-order valence-corrected chi connectivity index (χ2v) is 4.96. The van der Waals surface area contributed by atoms with Gasteiger partial charge in [0.25, 0.3) is 0 Å². The molecule has 0 radical (unpaired) electrons. The van der Waals surface area contributed by atoms with E-state index in [1.807, 2.05) is 13.8 Å². The third-order valence-electron chi connectivity index (χ3n) is 2.15. The molecular weight excluding hydrogens is 272 g/mol. The number of carbonyl (C=O) groups excluding carboxylic acids is 1. The zero-order chi connectivity index (χ0) is 12.2. The zero-order valence-corrected chi connectivity index (χ0v) is 11.1. The first-order chi connectivity index (χ1) is 7.45. The normalized spacial score (nSPS) is 11.0. The second-order valence-electron chi connectivity index (χ2n) is 4.04. The van der Waals surface area contributed by atoms with Gasteiger partial charge in [-0.25, -0.2) is 9.97 Å². The Bertz CT molecular complexity index is 364. The molecule has 6 heteroatoms. The van der Waals surface area contributed by atoms with Gasteiger partial charge in [-0.15, -0.1) is 0 Å². The Labute approximate surface area is 103 Å². The van der Waals surface area contributed by atoms with Crippen LogP contribution in [0.15, 0.2) is 16.9 Å². The van der Waals surface area contributed by atoms with E-state index in [1.54, 1.807) is 19.4 Å². The van der Waals surface area contributed by atoms with Gasteiger partial charge in [-0.2, -0.15) is 0 Å². The summed E-state index contributed by atoms with van der Waals surface area (Å²) in [6.07, 6.45) is 3.31. The highest BCUT2D eigenvalue weighted by Crippen LogP contribution is 2.15. The lowest BCUT2D eigenvalue weighted by Gasteiger charge is -2.22. The van der Waals surface area contributed by atoms with Crippen molar-refractivity contribution in [2.24, 2.45) is 5.41 Å². The van der Waals surface area contributed by atoms with Crippen molar-refractivity contribution in [3.63, 3.8) is 0 Å². The van der Waals surface area contributed by atoms with Crippen molar-refractivity contribution in [2.45, 2.75) is 13.8 Å². The lowest BCUT2D eigenvalue weighted by molar-refractivity contribution is -0.128. The average molecular weight is 287 g/mol. The van der Waals surface area contributed by atoms with Crippen LogP contribution in [0, 0.1) is 5.41 Å². The minimum atomic E-state index is -0.495. The molecule has 2 N–H and O–H groups in total. The Morgan fingerprint density at radius 1 is 1.44 bits per heavy atom. The fraction of sp³-hybridized carbons (Fsp3) is 0.500. The van der Waals surface area contributed by atoms with Gasteiger partial charge in [-0.3, -0.25) is 4.79 Å². The number of rotatable bonds is 4. The third-order valence-corrected chi connectivity index (χ3v) is 2.56. The second kappa shape index (κ2) is 5.25. The van der Waals surface area contributed by atoms with Crippen LogP contribution in [-0.2, 0) is 4.79 Å². The summed E-state index contributed by atoms with van der Waals surface area (Å²) in [4.78, 5) is 19.6. The number of anilines is 1.